The number of benzene rings is 1. The predicted molar refractivity (Wildman–Crippen MR) is 136 cm³/mol. The van der Waals surface area contributed by atoms with E-state index in [-0.39, 0.29) is 25.3 Å². The summed E-state index contributed by atoms with van der Waals surface area (Å²) in [5.74, 6) is -1.39. The molecule has 0 bridgehead atoms. The Hall–Kier alpha value is -3.10. The van der Waals surface area contributed by atoms with E-state index < -0.39 is 35.6 Å². The van der Waals surface area contributed by atoms with Crippen LogP contribution in [-0.2, 0) is 19.1 Å². The van der Waals surface area contributed by atoms with Crippen LogP contribution in [0.2, 0.25) is 0 Å². The molecule has 1 rings (SSSR count). The second-order valence-electron chi connectivity index (χ2n) is 9.80. The monoisotopic (exact) mass is 490 g/mol. The number of alkyl carbamates (subject to hydrolysis) is 1. The molecule has 9 heteroatoms. The highest BCUT2D eigenvalue weighted by molar-refractivity contribution is 5.92. The standard InChI is InChI=1S/C26H42N4O5/c1-8-10-13-28-23(32)22(19-15-17(3)14-18(4)16-19)30(9-2)24(33)20(11-12-21(27)31)29-25(34)35-26(5,6)7/h14-16,20,22H,8-13H2,1-7H3,(H2,27,31)(H,28,32)(H,29,34). The van der Waals surface area contributed by atoms with Crippen LogP contribution >= 0.6 is 0 Å². The molecule has 1 aromatic carbocycles. The summed E-state index contributed by atoms with van der Waals surface area (Å²) in [5, 5.41) is 5.50. The SMILES string of the molecule is CCCCNC(=O)C(c1cc(C)cc(C)c1)N(CC)C(=O)C(CCC(N)=O)NC(=O)OC(C)(C)C. The molecule has 0 heterocycles. The Morgan fingerprint density at radius 1 is 1.06 bits per heavy atom. The zero-order valence-corrected chi connectivity index (χ0v) is 22.2. The lowest BCUT2D eigenvalue weighted by molar-refractivity contribution is -0.142. The van der Waals surface area contributed by atoms with Crippen LogP contribution in [0.3, 0.4) is 0 Å². The van der Waals surface area contributed by atoms with Gasteiger partial charge in [-0.25, -0.2) is 4.79 Å². The van der Waals surface area contributed by atoms with E-state index in [1.54, 1.807) is 27.7 Å². The van der Waals surface area contributed by atoms with E-state index in [2.05, 4.69) is 10.6 Å². The van der Waals surface area contributed by atoms with Gasteiger partial charge in [-0.3, -0.25) is 14.4 Å². The molecule has 0 aliphatic carbocycles. The Kier molecular flexibility index (Phi) is 11.7. The molecule has 0 radical (unpaired) electrons. The molecule has 9 nitrogen and oxygen atoms in total. The van der Waals surface area contributed by atoms with E-state index >= 15 is 0 Å². The van der Waals surface area contributed by atoms with Gasteiger partial charge in [-0.2, -0.15) is 0 Å². The van der Waals surface area contributed by atoms with E-state index in [1.807, 2.05) is 39.0 Å². The van der Waals surface area contributed by atoms with E-state index in [0.29, 0.717) is 12.1 Å². The smallest absolute Gasteiger partial charge is 0.408 e. The van der Waals surface area contributed by atoms with Gasteiger partial charge in [0.05, 0.1) is 0 Å². The summed E-state index contributed by atoms with van der Waals surface area (Å²) in [5.41, 5.74) is 7.15. The number of hydrogen-bond acceptors (Lipinski definition) is 5. The summed E-state index contributed by atoms with van der Waals surface area (Å²) in [7, 11) is 0. The van der Waals surface area contributed by atoms with Crippen LogP contribution in [0.25, 0.3) is 0 Å². The Balaban J connectivity index is 3.38. The molecule has 0 aliphatic rings. The second kappa shape index (κ2) is 13.7. The largest absolute Gasteiger partial charge is 0.444 e. The maximum atomic E-state index is 13.7. The van der Waals surface area contributed by atoms with Gasteiger partial charge in [0.1, 0.15) is 17.7 Å². The highest BCUT2D eigenvalue weighted by Crippen LogP contribution is 2.25. The minimum absolute atomic E-state index is 0.0130. The van der Waals surface area contributed by atoms with Crippen LogP contribution in [0.1, 0.15) is 83.0 Å². The zero-order valence-electron chi connectivity index (χ0n) is 22.2. The van der Waals surface area contributed by atoms with Crippen molar-refractivity contribution in [2.75, 3.05) is 13.1 Å². The molecule has 196 valence electrons. The topological polar surface area (TPSA) is 131 Å². The number of carbonyl (C=O) groups excluding carboxylic acids is 4. The number of aryl methyl sites for hydroxylation is 2. The lowest BCUT2D eigenvalue weighted by Crippen LogP contribution is -2.53. The Labute approximate surface area is 209 Å². The Morgan fingerprint density at radius 2 is 1.66 bits per heavy atom. The first-order chi connectivity index (χ1) is 16.3. The average molecular weight is 491 g/mol. The number of nitrogens with zero attached hydrogens (tertiary/aromatic N) is 1. The van der Waals surface area contributed by atoms with Crippen LogP contribution in [0.15, 0.2) is 18.2 Å². The van der Waals surface area contributed by atoms with E-state index in [4.69, 9.17) is 10.5 Å². The molecule has 0 saturated heterocycles. The molecule has 2 unspecified atom stereocenters. The van der Waals surface area contributed by atoms with Crippen molar-refractivity contribution in [3.63, 3.8) is 0 Å². The molecular weight excluding hydrogens is 448 g/mol. The molecule has 4 amide bonds. The number of nitrogens with one attached hydrogen (secondary N) is 2. The third kappa shape index (κ3) is 10.4. The molecule has 0 saturated carbocycles. The third-order valence-corrected chi connectivity index (χ3v) is 5.24. The van der Waals surface area contributed by atoms with Gasteiger partial charge in [-0.15, -0.1) is 0 Å². The van der Waals surface area contributed by atoms with Gasteiger partial charge in [0.2, 0.25) is 17.7 Å². The fourth-order valence-electron chi connectivity index (χ4n) is 3.79. The summed E-state index contributed by atoms with van der Waals surface area (Å²) in [6.07, 6.45) is 0.820. The zero-order chi connectivity index (χ0) is 26.8. The Bertz CT molecular complexity index is 874. The minimum Gasteiger partial charge on any atom is -0.444 e. The van der Waals surface area contributed by atoms with Crippen LogP contribution in [0, 0.1) is 13.8 Å². The maximum Gasteiger partial charge on any atom is 0.408 e. The summed E-state index contributed by atoms with van der Waals surface area (Å²) < 4.78 is 5.31. The van der Waals surface area contributed by atoms with Crippen molar-refractivity contribution in [2.45, 2.75) is 91.8 Å². The van der Waals surface area contributed by atoms with E-state index in [0.717, 1.165) is 24.0 Å². The first-order valence-electron chi connectivity index (χ1n) is 12.2. The fourth-order valence-corrected chi connectivity index (χ4v) is 3.79. The first-order valence-corrected chi connectivity index (χ1v) is 12.2. The molecular formula is C26H42N4O5. The number of unbranched alkanes of at least 4 members (excludes halogenated alkanes) is 1. The summed E-state index contributed by atoms with van der Waals surface area (Å²) in [6, 6.07) is 3.76. The van der Waals surface area contributed by atoms with Crippen LogP contribution in [0.5, 0.6) is 0 Å². The third-order valence-electron chi connectivity index (χ3n) is 5.24. The highest BCUT2D eigenvalue weighted by atomic mass is 16.6. The van der Waals surface area contributed by atoms with E-state index in [1.165, 1.54) is 4.90 Å². The fraction of sp³-hybridized carbons (Fsp3) is 0.615. The van der Waals surface area contributed by atoms with Gasteiger partial charge in [0, 0.05) is 19.5 Å². The van der Waals surface area contributed by atoms with Crippen LogP contribution < -0.4 is 16.4 Å². The van der Waals surface area contributed by atoms with Crippen molar-refractivity contribution < 1.29 is 23.9 Å². The summed E-state index contributed by atoms with van der Waals surface area (Å²) in [4.78, 5) is 52.4. The van der Waals surface area contributed by atoms with Gasteiger partial charge in [0.25, 0.3) is 0 Å². The molecule has 35 heavy (non-hydrogen) atoms. The van der Waals surface area contributed by atoms with Crippen LogP contribution in [0.4, 0.5) is 4.79 Å². The average Bonchev–Trinajstić information content (AvgIpc) is 2.72. The molecule has 0 aliphatic heterocycles. The molecule has 0 fully saturated rings. The lowest BCUT2D eigenvalue weighted by atomic mass is 9.98. The van der Waals surface area contributed by atoms with Crippen molar-refractivity contribution in [1.82, 2.24) is 15.5 Å². The lowest BCUT2D eigenvalue weighted by Gasteiger charge is -2.34. The van der Waals surface area contributed by atoms with Crippen molar-refractivity contribution in [1.29, 1.82) is 0 Å². The maximum absolute atomic E-state index is 13.7. The molecule has 0 spiro atoms. The normalized spacial score (nSPS) is 12.9. The van der Waals surface area contributed by atoms with Gasteiger partial charge in [0.15, 0.2) is 0 Å². The Morgan fingerprint density at radius 3 is 2.14 bits per heavy atom. The quantitative estimate of drug-likeness (QED) is 0.387. The number of primary amides is 1. The number of ether oxygens (including phenoxy) is 1. The number of carbonyl (C=O) groups is 4. The van der Waals surface area contributed by atoms with E-state index in [9.17, 15) is 19.2 Å². The van der Waals surface area contributed by atoms with Gasteiger partial charge < -0.3 is 26.0 Å². The molecule has 2 atom stereocenters. The number of rotatable bonds is 12. The van der Waals surface area contributed by atoms with Gasteiger partial charge in [-0.1, -0.05) is 42.7 Å². The summed E-state index contributed by atoms with van der Waals surface area (Å²) >= 11 is 0. The van der Waals surface area contributed by atoms with Crippen LogP contribution in [-0.4, -0.2) is 53.4 Å². The minimum atomic E-state index is -1.09. The first kappa shape index (κ1) is 29.9. The molecule has 4 N–H and O–H groups in total. The summed E-state index contributed by atoms with van der Waals surface area (Å²) in [6.45, 7) is 13.5. The number of hydrogen-bond donors (Lipinski definition) is 3. The number of likely N-dealkylation sites (N-methyl/N-ethyl adjacent to an activating group) is 1. The van der Waals surface area contributed by atoms with Crippen molar-refractivity contribution in [3.8, 4) is 0 Å². The second-order valence-corrected chi connectivity index (χ2v) is 9.80. The highest BCUT2D eigenvalue weighted by Gasteiger charge is 2.35. The number of amides is 4. The van der Waals surface area contributed by atoms with Crippen molar-refractivity contribution in [3.05, 3.63) is 34.9 Å². The van der Waals surface area contributed by atoms with Crippen molar-refractivity contribution in [2.24, 2.45) is 5.73 Å². The molecule has 0 aromatic heterocycles. The van der Waals surface area contributed by atoms with Crippen molar-refractivity contribution >= 4 is 23.8 Å². The number of nitrogens with two attached hydrogens (primary N) is 1. The van der Waals surface area contributed by atoms with Gasteiger partial charge >= 0.3 is 6.09 Å². The predicted octanol–water partition coefficient (Wildman–Crippen LogP) is 3.27. The molecule has 1 aromatic rings. The van der Waals surface area contributed by atoms with Gasteiger partial charge in [-0.05, 0) is 59.9 Å².